The smallest absolute Gasteiger partial charge is 0.423 e. The predicted molar refractivity (Wildman–Crippen MR) is 218 cm³/mol. The molecule has 0 saturated carbocycles. The Morgan fingerprint density at radius 1 is 0.389 bits per heavy atom. The molecular weight excluding hydrogens is 738 g/mol. The lowest BCUT2D eigenvalue weighted by atomic mass is 9.81. The normalized spacial score (nSPS) is 10.3. The summed E-state index contributed by atoms with van der Waals surface area (Å²) >= 11 is 17.6. The maximum absolute atomic E-state index is 8.63. The molecule has 0 aliphatic carbocycles. The van der Waals surface area contributed by atoms with Gasteiger partial charge in [-0.1, -0.05) is 96.0 Å². The van der Waals surface area contributed by atoms with Crippen molar-refractivity contribution < 1.29 is 10.0 Å². The van der Waals surface area contributed by atoms with Crippen LogP contribution in [0.15, 0.2) is 170 Å². The van der Waals surface area contributed by atoms with E-state index in [0.29, 0.717) is 21.3 Å². The molecule has 0 amide bonds. The fraction of sp³-hybridized carbons (Fsp3) is 0. The standard InChI is InChI=1S/C21H14ClN3.C15H10ClN3.C6H6BClO2/c22-18-8-6-17(7-9-18)21-24-19(15-4-2-1-3-5-15)14-20(25-21)16-10-12-23-13-11-16;16-15-18-13(11-4-2-1-3-5-11)10-14(19-15)12-6-8-17-9-7-12;8-6-3-1-5(2-4-6)7(9)10/h1-14H;1-10H;1-4,9-10H. The molecule has 0 spiro atoms. The monoisotopic (exact) mass is 766 g/mol. The van der Waals surface area contributed by atoms with Crippen molar-refractivity contribution in [2.24, 2.45) is 0 Å². The van der Waals surface area contributed by atoms with Crippen LogP contribution in [0.3, 0.4) is 0 Å². The highest BCUT2D eigenvalue weighted by molar-refractivity contribution is 6.58. The second-order valence-electron chi connectivity index (χ2n) is 11.5. The van der Waals surface area contributed by atoms with E-state index in [2.05, 4.69) is 19.9 Å². The van der Waals surface area contributed by atoms with Gasteiger partial charge in [0.05, 0.1) is 22.8 Å². The molecule has 2 N–H and O–H groups in total. The molecule has 0 atom stereocenters. The summed E-state index contributed by atoms with van der Waals surface area (Å²) in [5.74, 6) is 0.671. The predicted octanol–water partition coefficient (Wildman–Crippen LogP) is 9.40. The molecule has 4 heterocycles. The number of halogens is 3. The van der Waals surface area contributed by atoms with Crippen LogP contribution in [0.2, 0.25) is 15.3 Å². The van der Waals surface area contributed by atoms with Crippen LogP contribution < -0.4 is 5.46 Å². The van der Waals surface area contributed by atoms with E-state index in [0.717, 1.165) is 50.6 Å². The van der Waals surface area contributed by atoms with Gasteiger partial charge in [0.2, 0.25) is 5.28 Å². The number of aromatic nitrogens is 6. The van der Waals surface area contributed by atoms with Crippen LogP contribution in [0.25, 0.3) is 56.4 Å². The molecule has 0 fully saturated rings. The van der Waals surface area contributed by atoms with Crippen LogP contribution >= 0.6 is 34.8 Å². The Labute approximate surface area is 328 Å². The fourth-order valence-corrected chi connectivity index (χ4v) is 5.52. The van der Waals surface area contributed by atoms with E-state index in [4.69, 9.17) is 54.8 Å². The quantitative estimate of drug-likeness (QED) is 0.127. The van der Waals surface area contributed by atoms with Gasteiger partial charge in [-0.25, -0.2) is 19.9 Å². The highest BCUT2D eigenvalue weighted by Gasteiger charge is 2.11. The van der Waals surface area contributed by atoms with Gasteiger partial charge in [0.15, 0.2) is 5.82 Å². The summed E-state index contributed by atoms with van der Waals surface area (Å²) in [7, 11) is -1.41. The van der Waals surface area contributed by atoms with Crippen molar-refractivity contribution in [3.8, 4) is 56.4 Å². The van der Waals surface area contributed by atoms with E-state index >= 15 is 0 Å². The Bertz CT molecular complexity index is 2260. The fourth-order valence-electron chi connectivity index (χ4n) is 5.08. The second-order valence-corrected chi connectivity index (χ2v) is 12.7. The molecule has 8 nitrogen and oxygen atoms in total. The van der Waals surface area contributed by atoms with Gasteiger partial charge in [0.25, 0.3) is 0 Å². The van der Waals surface area contributed by atoms with Crippen molar-refractivity contribution >= 4 is 47.4 Å². The minimum atomic E-state index is -1.41. The highest BCUT2D eigenvalue weighted by atomic mass is 35.5. The third-order valence-electron chi connectivity index (χ3n) is 7.79. The Morgan fingerprint density at radius 2 is 0.759 bits per heavy atom. The average molecular weight is 768 g/mol. The largest absolute Gasteiger partial charge is 0.488 e. The van der Waals surface area contributed by atoms with E-state index in [-0.39, 0.29) is 5.28 Å². The highest BCUT2D eigenvalue weighted by Crippen LogP contribution is 2.28. The van der Waals surface area contributed by atoms with Crippen LogP contribution in [0.4, 0.5) is 0 Å². The van der Waals surface area contributed by atoms with Gasteiger partial charge in [0, 0.05) is 62.6 Å². The first kappa shape index (κ1) is 37.9. The molecule has 4 aromatic heterocycles. The van der Waals surface area contributed by atoms with Gasteiger partial charge in [-0.05, 0) is 89.9 Å². The lowest BCUT2D eigenvalue weighted by Crippen LogP contribution is -2.29. The molecule has 264 valence electrons. The lowest BCUT2D eigenvalue weighted by molar-refractivity contribution is 0.426. The van der Waals surface area contributed by atoms with E-state index in [1.54, 1.807) is 49.1 Å². The summed E-state index contributed by atoms with van der Waals surface area (Å²) < 4.78 is 0. The molecule has 8 rings (SSSR count). The minimum Gasteiger partial charge on any atom is -0.423 e. The van der Waals surface area contributed by atoms with E-state index in [9.17, 15) is 0 Å². The summed E-state index contributed by atoms with van der Waals surface area (Å²) in [6.45, 7) is 0. The second kappa shape index (κ2) is 18.8. The molecule has 0 radical (unpaired) electrons. The maximum Gasteiger partial charge on any atom is 0.488 e. The third kappa shape index (κ3) is 10.6. The number of benzene rings is 4. The van der Waals surface area contributed by atoms with E-state index in [1.807, 2.05) is 121 Å². The Kier molecular flexibility index (Phi) is 13.2. The van der Waals surface area contributed by atoms with Crippen molar-refractivity contribution in [2.45, 2.75) is 0 Å². The van der Waals surface area contributed by atoms with Gasteiger partial charge in [-0.2, -0.15) is 0 Å². The third-order valence-corrected chi connectivity index (χ3v) is 8.46. The number of rotatable bonds is 6. The molecule has 54 heavy (non-hydrogen) atoms. The van der Waals surface area contributed by atoms with Crippen molar-refractivity contribution in [3.05, 3.63) is 186 Å². The van der Waals surface area contributed by atoms with Crippen molar-refractivity contribution in [2.75, 3.05) is 0 Å². The molecule has 0 aliphatic heterocycles. The van der Waals surface area contributed by atoms with Crippen molar-refractivity contribution in [3.63, 3.8) is 0 Å². The number of hydrogen-bond acceptors (Lipinski definition) is 8. The van der Waals surface area contributed by atoms with E-state index < -0.39 is 7.12 Å². The maximum atomic E-state index is 8.63. The SMILES string of the molecule is Clc1ccc(-c2nc(-c3ccccc3)cc(-c3ccncc3)n2)cc1.Clc1nc(-c2ccccc2)cc(-c2ccncc2)n1.OB(O)c1ccc(Cl)cc1. The van der Waals surface area contributed by atoms with Crippen molar-refractivity contribution in [1.29, 1.82) is 0 Å². The van der Waals surface area contributed by atoms with Gasteiger partial charge in [0.1, 0.15) is 0 Å². The molecule has 4 aromatic carbocycles. The molecule has 0 saturated heterocycles. The van der Waals surface area contributed by atoms with Crippen LogP contribution in [0, 0.1) is 0 Å². The number of hydrogen-bond donors (Lipinski definition) is 2. The van der Waals surface area contributed by atoms with Crippen LogP contribution in [0.1, 0.15) is 0 Å². The Morgan fingerprint density at radius 3 is 1.17 bits per heavy atom. The molecule has 8 aromatic rings. The van der Waals surface area contributed by atoms with Crippen LogP contribution in [-0.4, -0.2) is 47.1 Å². The summed E-state index contributed by atoms with van der Waals surface area (Å²) in [5, 5.41) is 18.8. The summed E-state index contributed by atoms with van der Waals surface area (Å²) in [6.07, 6.45) is 6.99. The minimum absolute atomic E-state index is 0.244. The molecule has 0 unspecified atom stereocenters. The zero-order valence-electron chi connectivity index (χ0n) is 28.5. The summed E-state index contributed by atoms with van der Waals surface area (Å²) in [6, 6.07) is 45.5. The van der Waals surface area contributed by atoms with Gasteiger partial charge in [-0.15, -0.1) is 0 Å². The van der Waals surface area contributed by atoms with Crippen LogP contribution in [-0.2, 0) is 0 Å². The molecule has 0 bridgehead atoms. The van der Waals surface area contributed by atoms with Gasteiger partial charge < -0.3 is 10.0 Å². The Balaban J connectivity index is 0.000000151. The van der Waals surface area contributed by atoms with Crippen molar-refractivity contribution in [1.82, 2.24) is 29.9 Å². The van der Waals surface area contributed by atoms with Crippen LogP contribution in [0.5, 0.6) is 0 Å². The summed E-state index contributed by atoms with van der Waals surface area (Å²) in [5.41, 5.74) is 8.77. The average Bonchev–Trinajstić information content (AvgIpc) is 3.23. The first-order valence-electron chi connectivity index (χ1n) is 16.6. The molecule has 0 aliphatic rings. The zero-order valence-corrected chi connectivity index (χ0v) is 30.7. The lowest BCUT2D eigenvalue weighted by Gasteiger charge is -2.09. The Hall–Kier alpha value is -5.81. The zero-order chi connectivity index (χ0) is 37.7. The number of pyridine rings is 2. The first-order valence-corrected chi connectivity index (χ1v) is 17.7. The topological polar surface area (TPSA) is 118 Å². The van der Waals surface area contributed by atoms with Gasteiger partial charge >= 0.3 is 7.12 Å². The molecular formula is C42H30BCl3N6O2. The van der Waals surface area contributed by atoms with E-state index in [1.165, 1.54) is 0 Å². The number of nitrogens with zero attached hydrogens (tertiary/aromatic N) is 6. The summed E-state index contributed by atoms with van der Waals surface area (Å²) in [4.78, 5) is 26.1. The van der Waals surface area contributed by atoms with Gasteiger partial charge in [-0.3, -0.25) is 9.97 Å². The molecule has 12 heteroatoms. The first-order chi connectivity index (χ1) is 26.3.